The van der Waals surface area contributed by atoms with E-state index in [2.05, 4.69) is 31.1 Å². The SMILES string of the molecule is [2H]C([2H])([2H])c1cn(CCCCCCCCCCC(C)(C)C)nn1. The van der Waals surface area contributed by atoms with Crippen LogP contribution in [-0.2, 0) is 6.54 Å². The van der Waals surface area contributed by atoms with Crippen molar-refractivity contribution in [2.45, 2.75) is 92.0 Å². The maximum Gasteiger partial charge on any atom is 0.0796 e. The Morgan fingerprint density at radius 1 is 1.00 bits per heavy atom. The molecule has 0 saturated carbocycles. The highest BCUT2D eigenvalue weighted by molar-refractivity contribution is 4.86. The fourth-order valence-electron chi connectivity index (χ4n) is 2.40. The minimum Gasteiger partial charge on any atom is -0.252 e. The summed E-state index contributed by atoms with van der Waals surface area (Å²) in [6, 6.07) is 0. The zero-order valence-corrected chi connectivity index (χ0v) is 13.5. The lowest BCUT2D eigenvalue weighted by Gasteiger charge is -2.17. The lowest BCUT2D eigenvalue weighted by Crippen LogP contribution is -2.03. The van der Waals surface area contributed by atoms with Crippen molar-refractivity contribution in [3.8, 4) is 0 Å². The molecule has 0 bridgehead atoms. The Morgan fingerprint density at radius 3 is 2.15 bits per heavy atom. The monoisotopic (exact) mass is 282 g/mol. The van der Waals surface area contributed by atoms with Crippen LogP contribution < -0.4 is 0 Å². The molecule has 0 saturated heterocycles. The number of aromatic nitrogens is 3. The van der Waals surface area contributed by atoms with Gasteiger partial charge in [-0.05, 0) is 25.1 Å². The summed E-state index contributed by atoms with van der Waals surface area (Å²) in [6.45, 7) is 5.54. The summed E-state index contributed by atoms with van der Waals surface area (Å²) in [6.07, 6.45) is 13.0. The normalized spacial score (nSPS) is 14.8. The van der Waals surface area contributed by atoms with Gasteiger partial charge in [-0.25, -0.2) is 0 Å². The molecule has 1 aromatic heterocycles. The van der Waals surface area contributed by atoms with Gasteiger partial charge in [0, 0.05) is 16.9 Å². The summed E-state index contributed by atoms with van der Waals surface area (Å²) in [5, 5.41) is 7.59. The first-order chi connectivity index (χ1) is 10.7. The van der Waals surface area contributed by atoms with Gasteiger partial charge in [0.05, 0.1) is 5.69 Å². The number of unbranched alkanes of at least 4 members (excludes halogenated alkanes) is 7. The van der Waals surface area contributed by atoms with Gasteiger partial charge in [0.1, 0.15) is 0 Å². The summed E-state index contributed by atoms with van der Waals surface area (Å²) < 4.78 is 23.5. The van der Waals surface area contributed by atoms with Crippen LogP contribution in [0.1, 0.15) is 88.4 Å². The van der Waals surface area contributed by atoms with Gasteiger partial charge in [0.25, 0.3) is 0 Å². The molecular formula is C17H33N3. The Morgan fingerprint density at radius 2 is 1.60 bits per heavy atom. The van der Waals surface area contributed by atoms with Crippen molar-refractivity contribution >= 4 is 0 Å². The second-order valence-electron chi connectivity index (χ2n) is 7.01. The third-order valence-corrected chi connectivity index (χ3v) is 3.60. The molecule has 0 N–H and O–H groups in total. The fraction of sp³-hybridized carbons (Fsp3) is 0.882. The van der Waals surface area contributed by atoms with Crippen LogP contribution in [0.15, 0.2) is 6.20 Å². The molecule has 0 fully saturated rings. The molecule has 0 aliphatic heterocycles. The summed E-state index contributed by atoms with van der Waals surface area (Å²) in [7, 11) is 0. The van der Waals surface area contributed by atoms with Crippen molar-refractivity contribution < 1.29 is 4.11 Å². The largest absolute Gasteiger partial charge is 0.252 e. The molecule has 0 atom stereocenters. The molecule has 20 heavy (non-hydrogen) atoms. The number of nitrogens with zero attached hydrogens (tertiary/aromatic N) is 3. The highest BCUT2D eigenvalue weighted by atomic mass is 15.4. The molecule has 0 unspecified atom stereocenters. The van der Waals surface area contributed by atoms with E-state index in [1.807, 2.05) is 0 Å². The summed E-state index contributed by atoms with van der Waals surface area (Å²) >= 11 is 0. The maximum atomic E-state index is 7.28. The van der Waals surface area contributed by atoms with Crippen LogP contribution in [0.4, 0.5) is 0 Å². The average molecular weight is 282 g/mol. The highest BCUT2D eigenvalue weighted by Gasteiger charge is 2.08. The zero-order valence-electron chi connectivity index (χ0n) is 16.5. The lowest BCUT2D eigenvalue weighted by molar-refractivity contribution is 0.356. The van der Waals surface area contributed by atoms with Crippen molar-refractivity contribution in [2.75, 3.05) is 0 Å². The number of rotatable bonds is 10. The van der Waals surface area contributed by atoms with Crippen molar-refractivity contribution in [2.24, 2.45) is 5.41 Å². The van der Waals surface area contributed by atoms with Crippen LogP contribution in [0.2, 0.25) is 0 Å². The van der Waals surface area contributed by atoms with E-state index in [0.29, 0.717) is 5.41 Å². The molecule has 1 rings (SSSR count). The predicted octanol–water partition coefficient (Wildman–Crippen LogP) is 5.14. The summed E-state index contributed by atoms with van der Waals surface area (Å²) in [4.78, 5) is 0. The Kier molecular flexibility index (Phi) is 5.88. The van der Waals surface area contributed by atoms with Crippen molar-refractivity contribution in [1.29, 1.82) is 0 Å². The van der Waals surface area contributed by atoms with E-state index in [4.69, 9.17) is 4.11 Å². The molecule has 0 spiro atoms. The fourth-order valence-corrected chi connectivity index (χ4v) is 2.40. The van der Waals surface area contributed by atoms with E-state index >= 15 is 0 Å². The number of hydrogen-bond acceptors (Lipinski definition) is 2. The zero-order chi connectivity index (χ0) is 17.3. The molecule has 0 radical (unpaired) electrons. The van der Waals surface area contributed by atoms with Crippen molar-refractivity contribution in [1.82, 2.24) is 15.0 Å². The molecule has 1 aromatic rings. The predicted molar refractivity (Wildman–Crippen MR) is 85.8 cm³/mol. The van der Waals surface area contributed by atoms with Crippen LogP contribution >= 0.6 is 0 Å². The van der Waals surface area contributed by atoms with Crippen LogP contribution in [-0.4, -0.2) is 15.0 Å². The third kappa shape index (κ3) is 9.11. The van der Waals surface area contributed by atoms with E-state index < -0.39 is 6.85 Å². The van der Waals surface area contributed by atoms with Gasteiger partial charge in [-0.3, -0.25) is 4.68 Å². The molecule has 1 heterocycles. The van der Waals surface area contributed by atoms with E-state index in [-0.39, 0.29) is 5.69 Å². The Balaban J connectivity index is 1.97. The molecule has 0 aliphatic carbocycles. The van der Waals surface area contributed by atoms with Crippen LogP contribution in [0, 0.1) is 12.3 Å². The average Bonchev–Trinajstić information content (AvgIpc) is 2.88. The van der Waals surface area contributed by atoms with E-state index in [9.17, 15) is 0 Å². The Bertz CT molecular complexity index is 433. The smallest absolute Gasteiger partial charge is 0.0796 e. The van der Waals surface area contributed by atoms with E-state index in [1.54, 1.807) is 10.9 Å². The molecule has 0 amide bonds. The van der Waals surface area contributed by atoms with Crippen LogP contribution in [0.25, 0.3) is 0 Å². The first-order valence-corrected chi connectivity index (χ1v) is 8.09. The van der Waals surface area contributed by atoms with E-state index in [0.717, 1.165) is 13.0 Å². The second-order valence-corrected chi connectivity index (χ2v) is 7.01. The standard InChI is InChI=1S/C17H33N3/c1-16-15-20(19-18-16)14-12-10-8-6-5-7-9-11-13-17(2,3)4/h15H,5-14H2,1-4H3/i1D3. The quantitative estimate of drug-likeness (QED) is 0.556. The van der Waals surface area contributed by atoms with Gasteiger partial charge < -0.3 is 0 Å². The van der Waals surface area contributed by atoms with Gasteiger partial charge >= 0.3 is 0 Å². The molecule has 116 valence electrons. The van der Waals surface area contributed by atoms with Gasteiger partial charge in [-0.2, -0.15) is 0 Å². The minimum atomic E-state index is -2.15. The van der Waals surface area contributed by atoms with Gasteiger partial charge in [0.15, 0.2) is 0 Å². The van der Waals surface area contributed by atoms with Gasteiger partial charge in [0.2, 0.25) is 0 Å². The van der Waals surface area contributed by atoms with Gasteiger partial charge in [-0.1, -0.05) is 70.9 Å². The van der Waals surface area contributed by atoms with Gasteiger partial charge in [-0.15, -0.1) is 5.10 Å². The first-order valence-electron chi connectivity index (χ1n) is 9.59. The third-order valence-electron chi connectivity index (χ3n) is 3.60. The summed E-state index contributed by atoms with van der Waals surface area (Å²) in [5.41, 5.74) is 0.564. The molecule has 0 aliphatic rings. The lowest BCUT2D eigenvalue weighted by atomic mass is 9.89. The molecule has 0 aromatic carbocycles. The number of hydrogen-bond donors (Lipinski definition) is 0. The molecule has 3 heteroatoms. The topological polar surface area (TPSA) is 30.7 Å². The van der Waals surface area contributed by atoms with Crippen LogP contribution in [0.3, 0.4) is 0 Å². The summed E-state index contributed by atoms with van der Waals surface area (Å²) in [5.74, 6) is 0. The number of aryl methyl sites for hydroxylation is 2. The van der Waals surface area contributed by atoms with Crippen molar-refractivity contribution in [3.63, 3.8) is 0 Å². The van der Waals surface area contributed by atoms with Crippen molar-refractivity contribution in [3.05, 3.63) is 11.9 Å². The minimum absolute atomic E-state index is 0.0905. The van der Waals surface area contributed by atoms with Crippen LogP contribution in [0.5, 0.6) is 0 Å². The molecular weight excluding hydrogens is 246 g/mol. The maximum absolute atomic E-state index is 7.28. The molecule has 3 nitrogen and oxygen atoms in total. The van der Waals surface area contributed by atoms with E-state index in [1.165, 1.54) is 51.4 Å². The Hall–Kier alpha value is -0.860. The Labute approximate surface area is 129 Å². The first kappa shape index (κ1) is 12.8. The second kappa shape index (κ2) is 9.15. The highest BCUT2D eigenvalue weighted by Crippen LogP contribution is 2.22.